The van der Waals surface area contributed by atoms with Crippen LogP contribution in [-0.4, -0.2) is 35.9 Å². The molecule has 4 heteroatoms. The van der Waals surface area contributed by atoms with Gasteiger partial charge in [-0.15, -0.1) is 0 Å². The number of Topliss-reactive ketones (excluding diaryl/α,β-unsaturated/α-hetero) is 1. The number of allylic oxidation sites excluding steroid dienone is 2. The van der Waals surface area contributed by atoms with Gasteiger partial charge in [-0.2, -0.15) is 0 Å². The number of ketones is 1. The smallest absolute Gasteiger partial charge is 0.155 e. The molecule has 2 fully saturated rings. The fourth-order valence-electron chi connectivity index (χ4n) is 3.80. The SMILES string of the molecule is CC(=O)C1=CCCc2c(N3CCNC4(CC4)C3)ccnc2C1. The molecule has 1 aliphatic heterocycles. The lowest BCUT2D eigenvalue weighted by atomic mass is 10.0. The van der Waals surface area contributed by atoms with E-state index in [0.717, 1.165) is 43.7 Å². The molecule has 2 heterocycles. The highest BCUT2D eigenvalue weighted by atomic mass is 16.1. The summed E-state index contributed by atoms with van der Waals surface area (Å²) in [5.74, 6) is 0.180. The van der Waals surface area contributed by atoms with E-state index >= 15 is 0 Å². The van der Waals surface area contributed by atoms with Crippen molar-refractivity contribution in [3.05, 3.63) is 35.2 Å². The Morgan fingerprint density at radius 1 is 1.41 bits per heavy atom. The average Bonchev–Trinajstić information content (AvgIpc) is 3.29. The van der Waals surface area contributed by atoms with Crippen molar-refractivity contribution in [1.82, 2.24) is 10.3 Å². The number of pyridine rings is 1. The van der Waals surface area contributed by atoms with Crippen LogP contribution >= 0.6 is 0 Å². The first-order chi connectivity index (χ1) is 10.7. The van der Waals surface area contributed by atoms with Gasteiger partial charge in [-0.3, -0.25) is 9.78 Å². The molecule has 0 unspecified atom stereocenters. The van der Waals surface area contributed by atoms with Crippen LogP contribution < -0.4 is 10.2 Å². The van der Waals surface area contributed by atoms with Crippen molar-refractivity contribution in [1.29, 1.82) is 0 Å². The van der Waals surface area contributed by atoms with Gasteiger partial charge in [0, 0.05) is 43.5 Å². The molecule has 4 nitrogen and oxygen atoms in total. The van der Waals surface area contributed by atoms with E-state index in [9.17, 15) is 4.79 Å². The van der Waals surface area contributed by atoms with Gasteiger partial charge in [-0.05, 0) is 49.8 Å². The average molecular weight is 297 g/mol. The number of hydrogen-bond donors (Lipinski definition) is 1. The highest BCUT2D eigenvalue weighted by Crippen LogP contribution is 2.40. The van der Waals surface area contributed by atoms with Gasteiger partial charge in [-0.1, -0.05) is 6.08 Å². The van der Waals surface area contributed by atoms with E-state index in [2.05, 4.69) is 27.3 Å². The molecular formula is C18H23N3O. The van der Waals surface area contributed by atoms with Crippen molar-refractivity contribution < 1.29 is 4.79 Å². The molecule has 1 aromatic rings. The Labute approximate surface area is 131 Å². The van der Waals surface area contributed by atoms with Crippen molar-refractivity contribution in [2.75, 3.05) is 24.5 Å². The molecule has 1 saturated carbocycles. The lowest BCUT2D eigenvalue weighted by molar-refractivity contribution is -0.113. The summed E-state index contributed by atoms with van der Waals surface area (Å²) in [4.78, 5) is 18.8. The Morgan fingerprint density at radius 2 is 2.27 bits per heavy atom. The zero-order valence-corrected chi connectivity index (χ0v) is 13.2. The van der Waals surface area contributed by atoms with Crippen molar-refractivity contribution in [3.8, 4) is 0 Å². The quantitative estimate of drug-likeness (QED) is 0.907. The zero-order chi connectivity index (χ0) is 15.2. The molecule has 2 aliphatic carbocycles. The molecule has 1 saturated heterocycles. The minimum absolute atomic E-state index is 0.180. The largest absolute Gasteiger partial charge is 0.368 e. The Balaban J connectivity index is 1.65. The van der Waals surface area contributed by atoms with E-state index in [0.29, 0.717) is 12.0 Å². The molecule has 1 spiro atoms. The van der Waals surface area contributed by atoms with Crippen molar-refractivity contribution in [2.24, 2.45) is 0 Å². The first-order valence-electron chi connectivity index (χ1n) is 8.34. The molecule has 0 aromatic carbocycles. The summed E-state index contributed by atoms with van der Waals surface area (Å²) in [6.07, 6.45) is 9.24. The van der Waals surface area contributed by atoms with Gasteiger partial charge in [-0.25, -0.2) is 0 Å². The number of hydrogen-bond acceptors (Lipinski definition) is 4. The van der Waals surface area contributed by atoms with E-state index in [4.69, 9.17) is 0 Å². The summed E-state index contributed by atoms with van der Waals surface area (Å²) in [5, 5.41) is 3.67. The third-order valence-electron chi connectivity index (χ3n) is 5.28. The summed E-state index contributed by atoms with van der Waals surface area (Å²) < 4.78 is 0. The number of anilines is 1. The van der Waals surface area contributed by atoms with Gasteiger partial charge in [0.25, 0.3) is 0 Å². The zero-order valence-electron chi connectivity index (χ0n) is 13.2. The topological polar surface area (TPSA) is 45.2 Å². The Morgan fingerprint density at radius 3 is 3.05 bits per heavy atom. The summed E-state index contributed by atoms with van der Waals surface area (Å²) in [6.45, 7) is 4.89. The molecule has 1 aromatic heterocycles. The van der Waals surface area contributed by atoms with Crippen LogP contribution in [0.15, 0.2) is 23.9 Å². The summed E-state index contributed by atoms with van der Waals surface area (Å²) >= 11 is 0. The Hall–Kier alpha value is -1.68. The molecule has 0 radical (unpaired) electrons. The van der Waals surface area contributed by atoms with Gasteiger partial charge >= 0.3 is 0 Å². The summed E-state index contributed by atoms with van der Waals surface area (Å²) in [6, 6.07) is 2.17. The predicted molar refractivity (Wildman–Crippen MR) is 87.2 cm³/mol. The molecule has 0 atom stereocenters. The summed E-state index contributed by atoms with van der Waals surface area (Å²) in [7, 11) is 0. The maximum absolute atomic E-state index is 11.7. The number of nitrogens with zero attached hydrogens (tertiary/aromatic N) is 2. The summed E-state index contributed by atoms with van der Waals surface area (Å²) in [5.41, 5.74) is 5.09. The fourth-order valence-corrected chi connectivity index (χ4v) is 3.80. The molecular weight excluding hydrogens is 274 g/mol. The van der Waals surface area contributed by atoms with E-state index in [1.165, 1.54) is 24.1 Å². The molecule has 22 heavy (non-hydrogen) atoms. The van der Waals surface area contributed by atoms with Crippen LogP contribution in [0.1, 0.15) is 37.4 Å². The van der Waals surface area contributed by atoms with E-state index < -0.39 is 0 Å². The molecule has 3 aliphatic rings. The number of aromatic nitrogens is 1. The number of fused-ring (bicyclic) bond motifs is 1. The number of nitrogens with one attached hydrogen (secondary N) is 1. The first kappa shape index (κ1) is 13.9. The monoisotopic (exact) mass is 297 g/mol. The Kier molecular flexibility index (Phi) is 3.30. The van der Waals surface area contributed by atoms with Crippen LogP contribution in [0.3, 0.4) is 0 Å². The lowest BCUT2D eigenvalue weighted by Gasteiger charge is -2.37. The van der Waals surface area contributed by atoms with Crippen LogP contribution in [0.4, 0.5) is 5.69 Å². The maximum atomic E-state index is 11.7. The van der Waals surface area contributed by atoms with E-state index in [-0.39, 0.29) is 5.78 Å². The van der Waals surface area contributed by atoms with Crippen LogP contribution in [-0.2, 0) is 17.6 Å². The highest BCUT2D eigenvalue weighted by Gasteiger charge is 2.45. The number of carbonyl (C=O) groups excluding carboxylic acids is 1. The lowest BCUT2D eigenvalue weighted by Crippen LogP contribution is -2.52. The van der Waals surface area contributed by atoms with Crippen molar-refractivity contribution >= 4 is 11.5 Å². The van der Waals surface area contributed by atoms with Gasteiger partial charge < -0.3 is 10.2 Å². The minimum atomic E-state index is 0.180. The number of piperazine rings is 1. The second-order valence-corrected chi connectivity index (χ2v) is 6.88. The van der Waals surface area contributed by atoms with Crippen LogP contribution in [0, 0.1) is 0 Å². The van der Waals surface area contributed by atoms with Gasteiger partial charge in [0.05, 0.1) is 5.69 Å². The van der Waals surface area contributed by atoms with Crippen LogP contribution in [0.25, 0.3) is 0 Å². The first-order valence-corrected chi connectivity index (χ1v) is 8.34. The standard InChI is InChI=1S/C18H23N3O/c1-13(22)14-3-2-4-15-16(11-14)19-8-5-17(15)21-10-9-20-18(12-21)6-7-18/h3,5,8,20H,2,4,6-7,9-12H2,1H3. The van der Waals surface area contributed by atoms with Crippen LogP contribution in [0.5, 0.6) is 0 Å². The van der Waals surface area contributed by atoms with Gasteiger partial charge in [0.2, 0.25) is 0 Å². The highest BCUT2D eigenvalue weighted by molar-refractivity contribution is 5.93. The van der Waals surface area contributed by atoms with Gasteiger partial charge in [0.15, 0.2) is 5.78 Å². The van der Waals surface area contributed by atoms with E-state index in [1.807, 2.05) is 6.20 Å². The van der Waals surface area contributed by atoms with E-state index in [1.54, 1.807) is 6.92 Å². The molecule has 0 amide bonds. The fraction of sp³-hybridized carbons (Fsp3) is 0.556. The molecule has 1 N–H and O–H groups in total. The third kappa shape index (κ3) is 2.45. The molecule has 116 valence electrons. The van der Waals surface area contributed by atoms with Crippen LogP contribution in [0.2, 0.25) is 0 Å². The van der Waals surface area contributed by atoms with Gasteiger partial charge in [0.1, 0.15) is 0 Å². The van der Waals surface area contributed by atoms with Crippen molar-refractivity contribution in [3.63, 3.8) is 0 Å². The second kappa shape index (κ2) is 5.20. The normalized spacial score (nSPS) is 22.8. The predicted octanol–water partition coefficient (Wildman–Crippen LogP) is 2.03. The maximum Gasteiger partial charge on any atom is 0.155 e. The second-order valence-electron chi connectivity index (χ2n) is 6.88. The third-order valence-corrected chi connectivity index (χ3v) is 5.28. The Bertz CT molecular complexity index is 646. The number of rotatable bonds is 2. The molecule has 0 bridgehead atoms. The minimum Gasteiger partial charge on any atom is -0.368 e. The molecule has 4 rings (SSSR count). The number of carbonyl (C=O) groups is 1. The van der Waals surface area contributed by atoms with Crippen molar-refractivity contribution in [2.45, 2.75) is 44.6 Å².